The number of primary amides is 1. The van der Waals surface area contributed by atoms with Gasteiger partial charge in [0, 0.05) is 31.8 Å². The lowest BCUT2D eigenvalue weighted by atomic mass is 9.82. The number of aliphatic hydroxyl groups is 1. The van der Waals surface area contributed by atoms with Crippen LogP contribution in [-0.4, -0.2) is 44.5 Å². The van der Waals surface area contributed by atoms with Crippen LogP contribution in [0.2, 0.25) is 5.02 Å². The van der Waals surface area contributed by atoms with Crippen LogP contribution in [0.15, 0.2) is 18.5 Å². The van der Waals surface area contributed by atoms with Crippen molar-refractivity contribution in [3.05, 3.63) is 29.0 Å². The van der Waals surface area contributed by atoms with Gasteiger partial charge >= 0.3 is 0 Å². The van der Waals surface area contributed by atoms with Crippen LogP contribution >= 0.6 is 11.6 Å². The first-order valence-electron chi connectivity index (χ1n) is 8.40. The normalized spacial score (nSPS) is 21.9. The molecule has 0 radical (unpaired) electrons. The molecule has 2 amide bonds. The van der Waals surface area contributed by atoms with Gasteiger partial charge in [-0.25, -0.2) is 13.8 Å². The zero-order valence-corrected chi connectivity index (χ0v) is 15.1. The molecule has 7 nitrogen and oxygen atoms in total. The Morgan fingerprint density at radius 2 is 2.15 bits per heavy atom. The summed E-state index contributed by atoms with van der Waals surface area (Å²) >= 11 is 6.17. The van der Waals surface area contributed by atoms with Crippen molar-refractivity contribution in [2.45, 2.75) is 43.8 Å². The highest BCUT2D eigenvalue weighted by atomic mass is 35.5. The lowest BCUT2D eigenvalue weighted by Gasteiger charge is -2.36. The first-order chi connectivity index (χ1) is 12.6. The Bertz CT molecular complexity index is 902. The first kappa shape index (κ1) is 19.5. The number of amides is 2. The molecule has 1 aliphatic rings. The molecule has 27 heavy (non-hydrogen) atoms. The third-order valence-corrected chi connectivity index (χ3v) is 4.94. The highest BCUT2D eigenvalue weighted by molar-refractivity contribution is 6.36. The molecule has 1 saturated carbocycles. The quantitative estimate of drug-likeness (QED) is 0.711. The zero-order valence-electron chi connectivity index (χ0n) is 14.3. The van der Waals surface area contributed by atoms with E-state index in [1.807, 2.05) is 0 Å². The molecule has 3 rings (SSSR count). The summed E-state index contributed by atoms with van der Waals surface area (Å²) in [6.07, 6.45) is 2.18. The molecule has 146 valence electrons. The van der Waals surface area contributed by atoms with E-state index in [1.54, 1.807) is 0 Å². The van der Waals surface area contributed by atoms with Crippen LogP contribution in [0, 0.1) is 0 Å². The van der Waals surface area contributed by atoms with Crippen molar-refractivity contribution >= 4 is 34.4 Å². The van der Waals surface area contributed by atoms with Crippen LogP contribution in [0.3, 0.4) is 0 Å². The highest BCUT2D eigenvalue weighted by Crippen LogP contribution is 2.39. The molecule has 0 bridgehead atoms. The summed E-state index contributed by atoms with van der Waals surface area (Å²) < 4.78 is 28.6. The van der Waals surface area contributed by atoms with Gasteiger partial charge in [0.25, 0.3) is 11.8 Å². The van der Waals surface area contributed by atoms with Gasteiger partial charge in [0.1, 0.15) is 12.2 Å². The number of hydrogen-bond acceptors (Lipinski definition) is 4. The van der Waals surface area contributed by atoms with Crippen LogP contribution in [0.25, 0.3) is 11.0 Å². The number of fused-ring (bicyclic) bond motifs is 1. The van der Waals surface area contributed by atoms with E-state index in [4.69, 9.17) is 17.3 Å². The van der Waals surface area contributed by atoms with Gasteiger partial charge < -0.3 is 20.7 Å². The molecule has 1 fully saturated rings. The fourth-order valence-electron chi connectivity index (χ4n) is 3.46. The van der Waals surface area contributed by atoms with Crippen LogP contribution in [-0.2, 0) is 11.3 Å². The molecule has 0 spiro atoms. The van der Waals surface area contributed by atoms with E-state index in [0.29, 0.717) is 11.0 Å². The molecule has 2 aromatic rings. The standard InChI is InChI=1S/C17H19ClF2N4O3/c18-11-2-5-22-14-13(11)10(6-24(14)7-12(21)25)15(26)23-9-16(27)3-1-4-17(19,20)8-16/h2,5-6,27H,1,3-4,7-9H2,(H2,21,25)(H,23,26). The number of halogens is 3. The van der Waals surface area contributed by atoms with Gasteiger partial charge in [-0.1, -0.05) is 11.6 Å². The van der Waals surface area contributed by atoms with Crippen molar-refractivity contribution in [1.29, 1.82) is 0 Å². The summed E-state index contributed by atoms with van der Waals surface area (Å²) in [4.78, 5) is 28.0. The predicted octanol–water partition coefficient (Wildman–Crippen LogP) is 1.85. The minimum Gasteiger partial charge on any atom is -0.388 e. The molecule has 1 unspecified atom stereocenters. The number of carbonyl (C=O) groups is 2. The van der Waals surface area contributed by atoms with Crippen molar-refractivity contribution < 1.29 is 23.5 Å². The van der Waals surface area contributed by atoms with Crippen LogP contribution in [0.5, 0.6) is 0 Å². The molecule has 0 aromatic carbocycles. The Morgan fingerprint density at radius 3 is 2.81 bits per heavy atom. The van der Waals surface area contributed by atoms with E-state index in [0.717, 1.165) is 0 Å². The van der Waals surface area contributed by atoms with E-state index < -0.39 is 29.8 Å². The zero-order chi connectivity index (χ0) is 19.8. The van der Waals surface area contributed by atoms with Crippen LogP contribution < -0.4 is 11.1 Å². The van der Waals surface area contributed by atoms with Crippen LogP contribution in [0.4, 0.5) is 8.78 Å². The summed E-state index contributed by atoms with van der Waals surface area (Å²) in [6.45, 7) is -0.519. The second kappa shape index (κ2) is 7.05. The highest BCUT2D eigenvalue weighted by Gasteiger charge is 2.44. The number of hydrogen-bond donors (Lipinski definition) is 3. The second-order valence-corrected chi connectivity index (χ2v) is 7.33. The number of carbonyl (C=O) groups excluding carboxylic acids is 2. The Morgan fingerprint density at radius 1 is 1.41 bits per heavy atom. The van der Waals surface area contributed by atoms with Gasteiger partial charge in [-0.2, -0.15) is 0 Å². The van der Waals surface area contributed by atoms with Gasteiger partial charge in [-0.05, 0) is 18.9 Å². The third kappa shape index (κ3) is 4.19. The Hall–Kier alpha value is -2.26. The lowest BCUT2D eigenvalue weighted by Crippen LogP contribution is -2.49. The van der Waals surface area contributed by atoms with E-state index >= 15 is 0 Å². The van der Waals surface area contributed by atoms with Crippen molar-refractivity contribution in [2.75, 3.05) is 6.54 Å². The minimum absolute atomic E-state index is 0.121. The maximum Gasteiger partial charge on any atom is 0.253 e. The Balaban J connectivity index is 1.84. The molecule has 2 aromatic heterocycles. The molecule has 1 aliphatic carbocycles. The van der Waals surface area contributed by atoms with Gasteiger partial charge in [0.15, 0.2) is 0 Å². The summed E-state index contributed by atoms with van der Waals surface area (Å²) in [5, 5.41) is 13.5. The fourth-order valence-corrected chi connectivity index (χ4v) is 3.70. The maximum atomic E-state index is 13.6. The topological polar surface area (TPSA) is 110 Å². The lowest BCUT2D eigenvalue weighted by molar-refractivity contribution is -0.122. The summed E-state index contributed by atoms with van der Waals surface area (Å²) in [7, 11) is 0. The molecule has 0 saturated heterocycles. The van der Waals surface area contributed by atoms with Crippen molar-refractivity contribution in [3.63, 3.8) is 0 Å². The number of nitrogens with zero attached hydrogens (tertiary/aromatic N) is 2. The largest absolute Gasteiger partial charge is 0.388 e. The number of pyridine rings is 1. The molecule has 0 aliphatic heterocycles. The van der Waals surface area contributed by atoms with E-state index in [-0.39, 0.29) is 42.9 Å². The molecular formula is C17H19ClF2N4O3. The van der Waals surface area contributed by atoms with Crippen molar-refractivity contribution in [1.82, 2.24) is 14.9 Å². The van der Waals surface area contributed by atoms with Crippen molar-refractivity contribution in [2.24, 2.45) is 5.73 Å². The van der Waals surface area contributed by atoms with Crippen molar-refractivity contribution in [3.8, 4) is 0 Å². The maximum absolute atomic E-state index is 13.6. The van der Waals surface area contributed by atoms with Gasteiger partial charge in [-0.15, -0.1) is 0 Å². The number of nitrogens with one attached hydrogen (secondary N) is 1. The summed E-state index contributed by atoms with van der Waals surface area (Å²) in [6, 6.07) is 1.49. The van der Waals surface area contributed by atoms with E-state index in [1.165, 1.54) is 23.0 Å². The van der Waals surface area contributed by atoms with E-state index in [9.17, 15) is 23.5 Å². The SMILES string of the molecule is NC(=O)Cn1cc(C(=O)NCC2(O)CCCC(F)(F)C2)c2c(Cl)ccnc21. The molecule has 4 N–H and O–H groups in total. The van der Waals surface area contributed by atoms with Gasteiger partial charge in [-0.3, -0.25) is 9.59 Å². The monoisotopic (exact) mass is 400 g/mol. The first-order valence-corrected chi connectivity index (χ1v) is 8.78. The van der Waals surface area contributed by atoms with Gasteiger partial charge in [0.2, 0.25) is 5.91 Å². The summed E-state index contributed by atoms with van der Waals surface area (Å²) in [5.74, 6) is -4.19. The third-order valence-electron chi connectivity index (χ3n) is 4.63. The number of aromatic nitrogens is 2. The number of nitrogens with two attached hydrogens (primary N) is 1. The van der Waals surface area contributed by atoms with Gasteiger partial charge in [0.05, 0.1) is 21.6 Å². The second-order valence-electron chi connectivity index (χ2n) is 6.92. The molecule has 1 atom stereocenters. The summed E-state index contributed by atoms with van der Waals surface area (Å²) in [5.41, 5.74) is 3.96. The van der Waals surface area contributed by atoms with E-state index in [2.05, 4.69) is 10.3 Å². The molecular weight excluding hydrogens is 382 g/mol. The minimum atomic E-state index is -2.96. The average Bonchev–Trinajstić information content (AvgIpc) is 2.91. The molecule has 2 heterocycles. The van der Waals surface area contributed by atoms with Crippen LogP contribution in [0.1, 0.15) is 36.0 Å². The smallest absolute Gasteiger partial charge is 0.253 e. The average molecular weight is 401 g/mol. The number of alkyl halides is 2. The Labute approximate surface area is 158 Å². The predicted molar refractivity (Wildman–Crippen MR) is 94.6 cm³/mol. The Kier molecular flexibility index (Phi) is 5.09. The molecule has 10 heteroatoms. The number of rotatable bonds is 5. The fraction of sp³-hybridized carbons (Fsp3) is 0.471.